The van der Waals surface area contributed by atoms with Crippen molar-refractivity contribution < 1.29 is 14.7 Å². The molecule has 20 heavy (non-hydrogen) atoms. The molecule has 106 valence electrons. The van der Waals surface area contributed by atoms with E-state index >= 15 is 0 Å². The van der Waals surface area contributed by atoms with E-state index in [1.54, 1.807) is 17.0 Å². The highest BCUT2D eigenvalue weighted by Gasteiger charge is 2.25. The number of hydrogen-bond donors (Lipinski definition) is 2. The predicted molar refractivity (Wildman–Crippen MR) is 77.3 cm³/mol. The van der Waals surface area contributed by atoms with Crippen molar-refractivity contribution >= 4 is 17.7 Å². The molecule has 0 aliphatic carbocycles. The molecule has 5 heteroatoms. The molecule has 2 amide bonds. The highest BCUT2D eigenvalue weighted by Crippen LogP contribution is 2.28. The van der Waals surface area contributed by atoms with Crippen LogP contribution >= 0.6 is 0 Å². The number of carboxylic acid groups (broad SMARTS) is 1. The van der Waals surface area contributed by atoms with E-state index in [1.165, 1.54) is 6.07 Å². The van der Waals surface area contributed by atoms with Crippen LogP contribution in [0.25, 0.3) is 0 Å². The number of aromatic carboxylic acids is 1. The summed E-state index contributed by atoms with van der Waals surface area (Å²) >= 11 is 0. The van der Waals surface area contributed by atoms with Gasteiger partial charge in [0, 0.05) is 18.8 Å². The normalized spacial score (nSPS) is 13.6. The first-order chi connectivity index (χ1) is 9.63. The van der Waals surface area contributed by atoms with Crippen LogP contribution in [0.2, 0.25) is 0 Å². The second-order valence-corrected chi connectivity index (χ2v) is 4.64. The minimum atomic E-state index is -0.943. The van der Waals surface area contributed by atoms with Gasteiger partial charge in [0.25, 0.3) is 0 Å². The molecule has 0 atom stereocenters. The fourth-order valence-electron chi connectivity index (χ4n) is 2.27. The standard InChI is InChI=1S/C15H18N2O3/c1-2-3-4-8-16-15(20)17-9-7-11-10-12(14(18)19)5-6-13(11)17/h2-3,5-6,10H,4,7-9H2,1H3,(H,16,20)(H,18,19)/b3-2+. The molecule has 1 aliphatic heterocycles. The first kappa shape index (κ1) is 14.1. The van der Waals surface area contributed by atoms with Crippen LogP contribution < -0.4 is 10.2 Å². The SMILES string of the molecule is C/C=C/CCNC(=O)N1CCc2cc(C(=O)O)ccc21. The number of carbonyl (C=O) groups is 2. The predicted octanol–water partition coefficient (Wildman–Crippen LogP) is 2.42. The summed E-state index contributed by atoms with van der Waals surface area (Å²) in [5.74, 6) is -0.943. The Kier molecular flexibility index (Phi) is 4.40. The van der Waals surface area contributed by atoms with Gasteiger partial charge in [-0.3, -0.25) is 4.90 Å². The van der Waals surface area contributed by atoms with Crippen LogP contribution in [-0.2, 0) is 6.42 Å². The first-order valence-electron chi connectivity index (χ1n) is 6.66. The Bertz CT molecular complexity index is 552. The van der Waals surface area contributed by atoms with Crippen molar-refractivity contribution in [2.45, 2.75) is 19.8 Å². The first-order valence-corrected chi connectivity index (χ1v) is 6.66. The average molecular weight is 274 g/mol. The number of amides is 2. The quantitative estimate of drug-likeness (QED) is 0.654. The minimum absolute atomic E-state index is 0.128. The summed E-state index contributed by atoms with van der Waals surface area (Å²) in [6, 6.07) is 4.76. The maximum atomic E-state index is 12.1. The molecule has 2 rings (SSSR count). The number of urea groups is 1. The number of nitrogens with zero attached hydrogens (tertiary/aromatic N) is 1. The average Bonchev–Trinajstić information content (AvgIpc) is 2.86. The van der Waals surface area contributed by atoms with Gasteiger partial charge in [-0.25, -0.2) is 9.59 Å². The van der Waals surface area contributed by atoms with E-state index in [9.17, 15) is 9.59 Å². The lowest BCUT2D eigenvalue weighted by atomic mass is 10.1. The van der Waals surface area contributed by atoms with Crippen LogP contribution in [0.15, 0.2) is 30.4 Å². The second-order valence-electron chi connectivity index (χ2n) is 4.64. The van der Waals surface area contributed by atoms with Gasteiger partial charge in [-0.2, -0.15) is 0 Å². The molecule has 5 nitrogen and oxygen atoms in total. The van der Waals surface area contributed by atoms with Crippen molar-refractivity contribution in [3.05, 3.63) is 41.5 Å². The third kappa shape index (κ3) is 2.99. The largest absolute Gasteiger partial charge is 0.478 e. The zero-order chi connectivity index (χ0) is 14.5. The smallest absolute Gasteiger partial charge is 0.335 e. The summed E-state index contributed by atoms with van der Waals surface area (Å²) in [6.45, 7) is 3.13. The molecule has 0 unspecified atom stereocenters. The van der Waals surface area contributed by atoms with Crippen molar-refractivity contribution in [2.75, 3.05) is 18.0 Å². The monoisotopic (exact) mass is 274 g/mol. The highest BCUT2D eigenvalue weighted by atomic mass is 16.4. The minimum Gasteiger partial charge on any atom is -0.478 e. The van der Waals surface area contributed by atoms with E-state index in [0.717, 1.165) is 17.7 Å². The number of nitrogens with one attached hydrogen (secondary N) is 1. The lowest BCUT2D eigenvalue weighted by molar-refractivity contribution is 0.0697. The number of anilines is 1. The molecule has 0 aromatic heterocycles. The van der Waals surface area contributed by atoms with Gasteiger partial charge in [0.15, 0.2) is 0 Å². The summed E-state index contributed by atoms with van der Waals surface area (Å²) < 4.78 is 0. The maximum Gasteiger partial charge on any atom is 0.335 e. The molecule has 2 N–H and O–H groups in total. The number of rotatable bonds is 4. The van der Waals surface area contributed by atoms with E-state index < -0.39 is 5.97 Å². The van der Waals surface area contributed by atoms with Gasteiger partial charge in [-0.15, -0.1) is 0 Å². The molecular formula is C15H18N2O3. The summed E-state index contributed by atoms with van der Waals surface area (Å²) in [5, 5.41) is 11.8. The zero-order valence-corrected chi connectivity index (χ0v) is 11.4. The zero-order valence-electron chi connectivity index (χ0n) is 11.4. The summed E-state index contributed by atoms with van der Waals surface area (Å²) in [4.78, 5) is 24.6. The Morgan fingerprint density at radius 1 is 1.45 bits per heavy atom. The van der Waals surface area contributed by atoms with Crippen LogP contribution in [0.3, 0.4) is 0 Å². The fraction of sp³-hybridized carbons (Fsp3) is 0.333. The van der Waals surface area contributed by atoms with E-state index in [1.807, 2.05) is 19.1 Å². The van der Waals surface area contributed by atoms with E-state index in [-0.39, 0.29) is 11.6 Å². The Balaban J connectivity index is 2.04. The van der Waals surface area contributed by atoms with Gasteiger partial charge in [-0.05, 0) is 43.5 Å². The maximum absolute atomic E-state index is 12.1. The van der Waals surface area contributed by atoms with Crippen molar-refractivity contribution in [3.8, 4) is 0 Å². The van der Waals surface area contributed by atoms with Crippen LogP contribution in [0.5, 0.6) is 0 Å². The van der Waals surface area contributed by atoms with Crippen LogP contribution in [0.1, 0.15) is 29.3 Å². The lowest BCUT2D eigenvalue weighted by Gasteiger charge is -2.18. The van der Waals surface area contributed by atoms with Crippen molar-refractivity contribution in [2.24, 2.45) is 0 Å². The van der Waals surface area contributed by atoms with Crippen LogP contribution in [0.4, 0.5) is 10.5 Å². The third-order valence-electron chi connectivity index (χ3n) is 3.29. The Labute approximate surface area is 117 Å². The van der Waals surface area contributed by atoms with Gasteiger partial charge in [0.1, 0.15) is 0 Å². The van der Waals surface area contributed by atoms with E-state index in [2.05, 4.69) is 5.32 Å². The molecule has 0 spiro atoms. The molecule has 0 radical (unpaired) electrons. The number of hydrogen-bond acceptors (Lipinski definition) is 2. The Morgan fingerprint density at radius 2 is 2.25 bits per heavy atom. The summed E-state index contributed by atoms with van der Waals surface area (Å²) in [6.07, 6.45) is 5.45. The van der Waals surface area contributed by atoms with Gasteiger partial charge in [0.2, 0.25) is 0 Å². The van der Waals surface area contributed by atoms with Gasteiger partial charge >= 0.3 is 12.0 Å². The molecule has 0 fully saturated rings. The van der Waals surface area contributed by atoms with Crippen molar-refractivity contribution in [1.29, 1.82) is 0 Å². The van der Waals surface area contributed by atoms with E-state index in [0.29, 0.717) is 19.5 Å². The van der Waals surface area contributed by atoms with Crippen molar-refractivity contribution in [3.63, 3.8) is 0 Å². The van der Waals surface area contributed by atoms with Crippen LogP contribution in [0, 0.1) is 0 Å². The number of benzene rings is 1. The number of fused-ring (bicyclic) bond motifs is 1. The second kappa shape index (κ2) is 6.23. The van der Waals surface area contributed by atoms with Crippen molar-refractivity contribution in [1.82, 2.24) is 5.32 Å². The Hall–Kier alpha value is -2.30. The molecule has 0 saturated carbocycles. The van der Waals surface area contributed by atoms with Crippen LogP contribution in [-0.4, -0.2) is 30.2 Å². The van der Waals surface area contributed by atoms with E-state index in [4.69, 9.17) is 5.11 Å². The topological polar surface area (TPSA) is 69.6 Å². The number of carboxylic acids is 1. The molecule has 1 aromatic carbocycles. The fourth-order valence-corrected chi connectivity index (χ4v) is 2.27. The molecule has 0 saturated heterocycles. The highest BCUT2D eigenvalue weighted by molar-refractivity contribution is 5.96. The van der Waals surface area contributed by atoms with Gasteiger partial charge in [0.05, 0.1) is 5.56 Å². The van der Waals surface area contributed by atoms with Gasteiger partial charge in [-0.1, -0.05) is 12.2 Å². The number of carbonyl (C=O) groups excluding carboxylic acids is 1. The Morgan fingerprint density at radius 3 is 2.95 bits per heavy atom. The molecule has 1 aliphatic rings. The summed E-state index contributed by atoms with van der Waals surface area (Å²) in [5.41, 5.74) is 1.98. The summed E-state index contributed by atoms with van der Waals surface area (Å²) in [7, 11) is 0. The molecule has 1 aromatic rings. The molecule has 0 bridgehead atoms. The molecule has 1 heterocycles. The lowest BCUT2D eigenvalue weighted by Crippen LogP contribution is -2.39. The van der Waals surface area contributed by atoms with Gasteiger partial charge < -0.3 is 10.4 Å². The third-order valence-corrected chi connectivity index (χ3v) is 3.29. The molecular weight excluding hydrogens is 256 g/mol. The number of allylic oxidation sites excluding steroid dienone is 1.